The fourth-order valence-electron chi connectivity index (χ4n) is 4.71. The summed E-state index contributed by atoms with van der Waals surface area (Å²) < 4.78 is 5.16. The van der Waals surface area contributed by atoms with Crippen molar-refractivity contribution in [3.63, 3.8) is 0 Å². The lowest BCUT2D eigenvalue weighted by Gasteiger charge is -2.41. The first-order chi connectivity index (χ1) is 11.2. The van der Waals surface area contributed by atoms with Gasteiger partial charge in [0.25, 0.3) is 0 Å². The second-order valence-corrected chi connectivity index (χ2v) is 6.96. The summed E-state index contributed by atoms with van der Waals surface area (Å²) in [4.78, 5) is 14.9. The van der Waals surface area contributed by atoms with Crippen LogP contribution in [0.3, 0.4) is 0 Å². The fourth-order valence-corrected chi connectivity index (χ4v) is 4.71. The van der Waals surface area contributed by atoms with E-state index >= 15 is 0 Å². The maximum absolute atomic E-state index is 12.5. The van der Waals surface area contributed by atoms with Gasteiger partial charge >= 0.3 is 5.97 Å². The van der Waals surface area contributed by atoms with Crippen molar-refractivity contribution >= 4 is 16.7 Å². The van der Waals surface area contributed by atoms with E-state index in [0.29, 0.717) is 12.1 Å². The van der Waals surface area contributed by atoms with E-state index in [9.17, 15) is 4.79 Å². The molecule has 1 unspecified atom stereocenters. The second-order valence-electron chi connectivity index (χ2n) is 6.96. The number of hydrogen-bond donors (Lipinski definition) is 0. The minimum absolute atomic E-state index is 0.0510. The van der Waals surface area contributed by atoms with Crippen LogP contribution in [0.4, 0.5) is 0 Å². The molecular formula is C20H23NO2. The molecule has 3 heteroatoms. The second kappa shape index (κ2) is 5.64. The predicted octanol–water partition coefficient (Wildman–Crippen LogP) is 3.58. The zero-order valence-electron chi connectivity index (χ0n) is 13.7. The van der Waals surface area contributed by atoms with Crippen LogP contribution in [0.5, 0.6) is 0 Å². The highest BCUT2D eigenvalue weighted by Crippen LogP contribution is 2.46. The van der Waals surface area contributed by atoms with Crippen molar-refractivity contribution in [2.45, 2.75) is 37.3 Å². The zero-order chi connectivity index (χ0) is 16.0. The summed E-state index contributed by atoms with van der Waals surface area (Å²) >= 11 is 0. The molecule has 0 amide bonds. The summed E-state index contributed by atoms with van der Waals surface area (Å²) in [5, 5.41) is 2.50. The highest BCUT2D eigenvalue weighted by Gasteiger charge is 2.49. The normalized spacial score (nSPS) is 30.5. The minimum atomic E-state index is -0.0552. The van der Waals surface area contributed by atoms with Crippen molar-refractivity contribution in [1.82, 2.24) is 4.90 Å². The Morgan fingerprint density at radius 3 is 2.70 bits per heavy atom. The zero-order valence-corrected chi connectivity index (χ0v) is 13.7. The first-order valence-corrected chi connectivity index (χ1v) is 8.47. The molecule has 23 heavy (non-hydrogen) atoms. The third kappa shape index (κ3) is 2.34. The van der Waals surface area contributed by atoms with Crippen LogP contribution in [-0.2, 0) is 9.53 Å². The monoisotopic (exact) mass is 309 g/mol. The van der Waals surface area contributed by atoms with Crippen LogP contribution >= 0.6 is 0 Å². The predicted molar refractivity (Wildman–Crippen MR) is 91.4 cm³/mol. The van der Waals surface area contributed by atoms with Crippen LogP contribution in [0, 0.1) is 5.92 Å². The quantitative estimate of drug-likeness (QED) is 0.794. The van der Waals surface area contributed by atoms with Crippen molar-refractivity contribution < 1.29 is 9.53 Å². The Morgan fingerprint density at radius 2 is 1.91 bits per heavy atom. The Hall–Kier alpha value is -1.87. The van der Waals surface area contributed by atoms with Gasteiger partial charge in [-0.15, -0.1) is 0 Å². The number of benzene rings is 2. The number of rotatable bonds is 2. The van der Waals surface area contributed by atoms with E-state index in [1.165, 1.54) is 29.9 Å². The summed E-state index contributed by atoms with van der Waals surface area (Å²) in [5.74, 6) is 0.158. The highest BCUT2D eigenvalue weighted by atomic mass is 16.5. The van der Waals surface area contributed by atoms with Gasteiger partial charge in [-0.3, -0.25) is 9.69 Å². The molecule has 0 N–H and O–H groups in total. The average Bonchev–Trinajstić information content (AvgIpc) is 2.83. The van der Waals surface area contributed by atoms with E-state index in [0.717, 1.165) is 12.8 Å². The van der Waals surface area contributed by atoms with E-state index < -0.39 is 0 Å². The Kier molecular flexibility index (Phi) is 3.61. The number of piperidine rings is 1. The van der Waals surface area contributed by atoms with Crippen molar-refractivity contribution in [1.29, 1.82) is 0 Å². The van der Waals surface area contributed by atoms with Crippen LogP contribution in [0.15, 0.2) is 42.5 Å². The molecule has 3 nitrogen and oxygen atoms in total. The van der Waals surface area contributed by atoms with Gasteiger partial charge in [0.05, 0.1) is 13.0 Å². The van der Waals surface area contributed by atoms with E-state index in [4.69, 9.17) is 4.74 Å². The van der Waals surface area contributed by atoms with E-state index in [2.05, 4.69) is 54.4 Å². The molecule has 0 aromatic heterocycles. The van der Waals surface area contributed by atoms with Crippen LogP contribution in [0.1, 0.15) is 30.7 Å². The minimum Gasteiger partial charge on any atom is -0.469 e. The average molecular weight is 309 g/mol. The van der Waals surface area contributed by atoms with E-state index in [-0.39, 0.29) is 17.8 Å². The number of methoxy groups -OCH3 is 1. The van der Waals surface area contributed by atoms with Gasteiger partial charge < -0.3 is 4.74 Å². The third-order valence-corrected chi connectivity index (χ3v) is 5.94. The number of nitrogens with zero attached hydrogens (tertiary/aromatic N) is 1. The van der Waals surface area contributed by atoms with Gasteiger partial charge in [0.2, 0.25) is 0 Å². The van der Waals surface area contributed by atoms with Gasteiger partial charge in [0.15, 0.2) is 0 Å². The van der Waals surface area contributed by atoms with Gasteiger partial charge in [0.1, 0.15) is 0 Å². The van der Waals surface area contributed by atoms with Crippen LogP contribution in [0.25, 0.3) is 10.8 Å². The SMILES string of the molecule is COC(=O)[C@@H]1[C@@H](c2ccc3ccccc3c2)CC2CC[C@H]1N2C. The van der Waals surface area contributed by atoms with Crippen molar-refractivity contribution in [3.05, 3.63) is 48.0 Å². The van der Waals surface area contributed by atoms with E-state index in [1.54, 1.807) is 0 Å². The molecule has 2 aliphatic heterocycles. The van der Waals surface area contributed by atoms with Crippen LogP contribution in [-0.4, -0.2) is 37.1 Å². The molecule has 2 aromatic rings. The molecular weight excluding hydrogens is 286 g/mol. The summed E-state index contributed by atoms with van der Waals surface area (Å²) in [6.45, 7) is 0. The molecule has 2 saturated heterocycles. The van der Waals surface area contributed by atoms with Crippen molar-refractivity contribution in [3.8, 4) is 0 Å². The smallest absolute Gasteiger partial charge is 0.310 e. The molecule has 2 aromatic carbocycles. The van der Waals surface area contributed by atoms with Crippen LogP contribution < -0.4 is 0 Å². The molecule has 2 heterocycles. The third-order valence-electron chi connectivity index (χ3n) is 5.94. The molecule has 0 radical (unpaired) electrons. The highest BCUT2D eigenvalue weighted by molar-refractivity contribution is 5.83. The molecule has 120 valence electrons. The molecule has 4 rings (SSSR count). The number of fused-ring (bicyclic) bond motifs is 3. The van der Waals surface area contributed by atoms with Crippen molar-refractivity contribution in [2.75, 3.05) is 14.2 Å². The number of hydrogen-bond acceptors (Lipinski definition) is 3. The van der Waals surface area contributed by atoms with Gasteiger partial charge in [0, 0.05) is 18.0 Å². The Bertz CT molecular complexity index is 741. The largest absolute Gasteiger partial charge is 0.469 e. The molecule has 0 saturated carbocycles. The lowest BCUT2D eigenvalue weighted by molar-refractivity contribution is -0.150. The number of ether oxygens (including phenoxy) is 1. The maximum atomic E-state index is 12.5. The maximum Gasteiger partial charge on any atom is 0.310 e. The number of carbonyl (C=O) groups is 1. The molecule has 2 aliphatic rings. The number of esters is 1. The first kappa shape index (κ1) is 14.7. The topological polar surface area (TPSA) is 29.5 Å². The summed E-state index contributed by atoms with van der Waals surface area (Å²) in [5.41, 5.74) is 1.28. The molecule has 2 bridgehead atoms. The lowest BCUT2D eigenvalue weighted by atomic mass is 9.76. The first-order valence-electron chi connectivity index (χ1n) is 8.47. The number of carbonyl (C=O) groups excluding carboxylic acids is 1. The fraction of sp³-hybridized carbons (Fsp3) is 0.450. The summed E-state index contributed by atoms with van der Waals surface area (Å²) in [6, 6.07) is 16.0. The molecule has 0 spiro atoms. The Labute approximate surface area is 137 Å². The van der Waals surface area contributed by atoms with Crippen molar-refractivity contribution in [2.24, 2.45) is 5.92 Å². The molecule has 4 atom stereocenters. The Balaban J connectivity index is 1.76. The van der Waals surface area contributed by atoms with Crippen LogP contribution in [0.2, 0.25) is 0 Å². The van der Waals surface area contributed by atoms with E-state index in [1.807, 2.05) is 0 Å². The van der Waals surface area contributed by atoms with Gasteiger partial charge in [-0.25, -0.2) is 0 Å². The van der Waals surface area contributed by atoms with Gasteiger partial charge in [-0.2, -0.15) is 0 Å². The Morgan fingerprint density at radius 1 is 1.13 bits per heavy atom. The summed E-state index contributed by atoms with van der Waals surface area (Å²) in [6.07, 6.45) is 3.34. The molecule has 0 aliphatic carbocycles. The van der Waals surface area contributed by atoms with Gasteiger partial charge in [-0.05, 0) is 42.6 Å². The standard InChI is InChI=1S/C20H23NO2/c1-21-16-9-10-18(21)19(20(22)23-2)17(12-16)15-8-7-13-5-3-4-6-14(13)11-15/h3-8,11,16-19H,9-10,12H2,1-2H3/t16?,17-,18-,19-/m1/s1. The van der Waals surface area contributed by atoms with Gasteiger partial charge in [-0.1, -0.05) is 42.5 Å². The summed E-state index contributed by atoms with van der Waals surface area (Å²) in [7, 11) is 3.68. The molecule has 2 fully saturated rings. The lowest BCUT2D eigenvalue weighted by Crippen LogP contribution is -2.49.